The molecule has 90 valence electrons. The molecule has 16 heavy (non-hydrogen) atoms. The van der Waals surface area contributed by atoms with Crippen LogP contribution in [0.3, 0.4) is 0 Å². The molecule has 4 nitrogen and oxygen atoms in total. The maximum absolute atomic E-state index is 11.2. The van der Waals surface area contributed by atoms with Crippen LogP contribution < -0.4 is 9.88 Å². The maximum atomic E-state index is 11.2. The predicted molar refractivity (Wildman–Crippen MR) is 63.1 cm³/mol. The fourth-order valence-electron chi connectivity index (χ4n) is 1.50. The summed E-state index contributed by atoms with van der Waals surface area (Å²) in [5.74, 6) is 0.724. The van der Waals surface area contributed by atoms with Gasteiger partial charge in [0.15, 0.2) is 0 Å². The van der Waals surface area contributed by atoms with Crippen molar-refractivity contribution in [2.45, 2.75) is 38.7 Å². The molecule has 5 heteroatoms. The molecule has 0 fully saturated rings. The lowest BCUT2D eigenvalue weighted by Crippen LogP contribution is -2.14. The van der Waals surface area contributed by atoms with Crippen LogP contribution in [0.2, 0.25) is 0 Å². The van der Waals surface area contributed by atoms with Crippen LogP contribution in [0.15, 0.2) is 17.0 Å². The lowest BCUT2D eigenvalue weighted by Gasteiger charge is -2.15. The molecule has 0 spiro atoms. The number of hydrogen-bond donors (Lipinski definition) is 1. The normalized spacial score (nSPS) is 11.9. The highest BCUT2D eigenvalue weighted by atomic mass is 32.2. The number of nitrogens with two attached hydrogens (primary N) is 1. The topological polar surface area (TPSA) is 69.4 Å². The van der Waals surface area contributed by atoms with Crippen molar-refractivity contribution >= 4 is 10.0 Å². The second kappa shape index (κ2) is 4.43. The highest BCUT2D eigenvalue weighted by molar-refractivity contribution is 7.89. The first-order chi connectivity index (χ1) is 7.21. The zero-order chi connectivity index (χ0) is 12.5. The Bertz CT molecular complexity index is 469. The molecule has 2 N–H and O–H groups in total. The van der Waals surface area contributed by atoms with E-state index < -0.39 is 10.0 Å². The van der Waals surface area contributed by atoms with Gasteiger partial charge in [-0.05, 0) is 51.0 Å². The van der Waals surface area contributed by atoms with Crippen molar-refractivity contribution in [3.63, 3.8) is 0 Å². The second-order valence-corrected chi connectivity index (χ2v) is 5.66. The number of rotatable bonds is 3. The van der Waals surface area contributed by atoms with Gasteiger partial charge in [0.25, 0.3) is 0 Å². The van der Waals surface area contributed by atoms with E-state index in [1.54, 1.807) is 13.8 Å². The third kappa shape index (κ3) is 2.96. The van der Waals surface area contributed by atoms with Crippen LogP contribution >= 0.6 is 0 Å². The Morgan fingerprint density at radius 1 is 1.19 bits per heavy atom. The first-order valence-electron chi connectivity index (χ1n) is 5.02. The molecule has 0 bridgehead atoms. The van der Waals surface area contributed by atoms with Gasteiger partial charge in [0, 0.05) is 0 Å². The van der Waals surface area contributed by atoms with Gasteiger partial charge in [-0.1, -0.05) is 0 Å². The van der Waals surface area contributed by atoms with Crippen LogP contribution in [0, 0.1) is 13.8 Å². The summed E-state index contributed by atoms with van der Waals surface area (Å²) >= 11 is 0. The Morgan fingerprint density at radius 3 is 1.94 bits per heavy atom. The van der Waals surface area contributed by atoms with Crippen LogP contribution in [0.5, 0.6) is 5.75 Å². The van der Waals surface area contributed by atoms with Gasteiger partial charge < -0.3 is 4.74 Å². The molecule has 0 aromatic heterocycles. The molecule has 0 saturated carbocycles. The summed E-state index contributed by atoms with van der Waals surface area (Å²) in [5.41, 5.74) is 1.55. The molecular formula is C11H17NO3S. The Labute approximate surface area is 96.5 Å². The van der Waals surface area contributed by atoms with E-state index in [1.165, 1.54) is 12.1 Å². The summed E-state index contributed by atoms with van der Waals surface area (Å²) in [5, 5.41) is 5.08. The van der Waals surface area contributed by atoms with E-state index in [4.69, 9.17) is 9.88 Å². The number of ether oxygens (including phenoxy) is 1. The van der Waals surface area contributed by atoms with Crippen molar-refractivity contribution < 1.29 is 13.2 Å². The molecule has 0 saturated heterocycles. The van der Waals surface area contributed by atoms with Crippen molar-refractivity contribution in [2.75, 3.05) is 0 Å². The van der Waals surface area contributed by atoms with Crippen molar-refractivity contribution in [1.82, 2.24) is 0 Å². The van der Waals surface area contributed by atoms with Crippen LogP contribution in [-0.4, -0.2) is 14.5 Å². The second-order valence-electron chi connectivity index (χ2n) is 4.10. The summed E-state index contributed by atoms with van der Waals surface area (Å²) in [6.45, 7) is 7.46. The summed E-state index contributed by atoms with van der Waals surface area (Å²) in [7, 11) is -3.65. The smallest absolute Gasteiger partial charge is 0.238 e. The fourth-order valence-corrected chi connectivity index (χ4v) is 2.18. The lowest BCUT2D eigenvalue weighted by molar-refractivity contribution is 0.239. The first kappa shape index (κ1) is 13.0. The zero-order valence-electron chi connectivity index (χ0n) is 9.94. The van der Waals surface area contributed by atoms with Crippen LogP contribution in [-0.2, 0) is 10.0 Å². The number of hydrogen-bond acceptors (Lipinski definition) is 3. The minimum Gasteiger partial charge on any atom is -0.490 e. The predicted octanol–water partition coefficient (Wildman–Crippen LogP) is 1.74. The monoisotopic (exact) mass is 243 g/mol. The van der Waals surface area contributed by atoms with Crippen LogP contribution in [0.1, 0.15) is 25.0 Å². The number of benzene rings is 1. The van der Waals surface area contributed by atoms with Gasteiger partial charge in [0.2, 0.25) is 10.0 Å². The summed E-state index contributed by atoms with van der Waals surface area (Å²) in [6.07, 6.45) is 0.0535. The van der Waals surface area contributed by atoms with Crippen LogP contribution in [0.25, 0.3) is 0 Å². The Morgan fingerprint density at radius 2 is 1.62 bits per heavy atom. The maximum Gasteiger partial charge on any atom is 0.238 e. The largest absolute Gasteiger partial charge is 0.490 e. The third-order valence-electron chi connectivity index (χ3n) is 2.12. The van der Waals surface area contributed by atoms with E-state index >= 15 is 0 Å². The summed E-state index contributed by atoms with van der Waals surface area (Å²) in [6, 6.07) is 3.06. The highest BCUT2D eigenvalue weighted by Crippen LogP contribution is 2.27. The van der Waals surface area contributed by atoms with Gasteiger partial charge in [-0.25, -0.2) is 13.6 Å². The lowest BCUT2D eigenvalue weighted by atomic mass is 10.1. The average Bonchev–Trinajstić information content (AvgIpc) is 2.09. The quantitative estimate of drug-likeness (QED) is 0.879. The molecule has 0 aliphatic rings. The molecule has 0 unspecified atom stereocenters. The molecular weight excluding hydrogens is 226 g/mol. The first-order valence-corrected chi connectivity index (χ1v) is 6.57. The van der Waals surface area contributed by atoms with Gasteiger partial charge in [-0.15, -0.1) is 0 Å². The number of sulfonamides is 1. The fraction of sp³-hybridized carbons (Fsp3) is 0.455. The molecule has 0 aliphatic carbocycles. The van der Waals surface area contributed by atoms with E-state index in [1.807, 2.05) is 13.8 Å². The summed E-state index contributed by atoms with van der Waals surface area (Å²) < 4.78 is 28.0. The van der Waals surface area contributed by atoms with Crippen molar-refractivity contribution in [3.8, 4) is 5.75 Å². The SMILES string of the molecule is Cc1cc(S(N)(=O)=O)cc(C)c1OC(C)C. The Hall–Kier alpha value is -1.07. The van der Waals surface area contributed by atoms with Gasteiger partial charge in [-0.3, -0.25) is 0 Å². The summed E-state index contributed by atoms with van der Waals surface area (Å²) in [4.78, 5) is 0.124. The third-order valence-corrected chi connectivity index (χ3v) is 3.01. The molecule has 1 aromatic carbocycles. The Balaban J connectivity index is 3.28. The minimum absolute atomic E-state index is 0.0535. The minimum atomic E-state index is -3.65. The van der Waals surface area contributed by atoms with E-state index in [-0.39, 0.29) is 11.0 Å². The van der Waals surface area contributed by atoms with Gasteiger partial charge in [-0.2, -0.15) is 0 Å². The molecule has 0 radical (unpaired) electrons. The zero-order valence-corrected chi connectivity index (χ0v) is 10.8. The van der Waals surface area contributed by atoms with E-state index in [9.17, 15) is 8.42 Å². The Kier molecular flexibility index (Phi) is 3.60. The molecule has 1 rings (SSSR count). The molecule has 0 heterocycles. The highest BCUT2D eigenvalue weighted by Gasteiger charge is 2.13. The van der Waals surface area contributed by atoms with Gasteiger partial charge in [0.05, 0.1) is 11.0 Å². The standard InChI is InChI=1S/C11H17NO3S/c1-7(2)15-11-8(3)5-10(6-9(11)4)16(12,13)14/h5-7H,1-4H3,(H2,12,13,14). The van der Waals surface area contributed by atoms with E-state index in [0.717, 1.165) is 16.9 Å². The van der Waals surface area contributed by atoms with Crippen molar-refractivity contribution in [3.05, 3.63) is 23.3 Å². The van der Waals surface area contributed by atoms with Gasteiger partial charge >= 0.3 is 0 Å². The van der Waals surface area contributed by atoms with E-state index in [0.29, 0.717) is 0 Å². The molecule has 1 aromatic rings. The van der Waals surface area contributed by atoms with Crippen molar-refractivity contribution in [2.24, 2.45) is 5.14 Å². The number of aryl methyl sites for hydroxylation is 2. The molecule has 0 aliphatic heterocycles. The molecule has 0 atom stereocenters. The van der Waals surface area contributed by atoms with Crippen LogP contribution in [0.4, 0.5) is 0 Å². The molecule has 0 amide bonds. The van der Waals surface area contributed by atoms with Gasteiger partial charge in [0.1, 0.15) is 5.75 Å². The van der Waals surface area contributed by atoms with E-state index in [2.05, 4.69) is 0 Å². The number of primary sulfonamides is 1. The van der Waals surface area contributed by atoms with Crippen molar-refractivity contribution in [1.29, 1.82) is 0 Å². The average molecular weight is 243 g/mol.